The number of fused-ring (bicyclic) bond motifs is 6. The minimum Gasteiger partial charge on any atom is -0.437 e. The van der Waals surface area contributed by atoms with Crippen molar-refractivity contribution in [1.29, 1.82) is 0 Å². The molecule has 0 bridgehead atoms. The smallest absolute Gasteiger partial charge is 0.227 e. The number of pyridine rings is 1. The number of anilines is 3. The molecule has 0 radical (unpaired) electrons. The number of nitrogens with zero attached hydrogens (tertiary/aromatic N) is 4. The van der Waals surface area contributed by atoms with Crippen LogP contribution in [0.3, 0.4) is 0 Å². The quantitative estimate of drug-likeness (QED) is 0.165. The molecular formula is C49H38B8N4O2. The highest BCUT2D eigenvalue weighted by atomic mass is 16.4. The van der Waals surface area contributed by atoms with Gasteiger partial charge in [0.15, 0.2) is 0 Å². The molecule has 11 rings (SSSR count). The largest absolute Gasteiger partial charge is 0.437 e. The number of rotatable bonds is 6. The molecule has 0 aliphatic rings. The van der Waals surface area contributed by atoms with Crippen molar-refractivity contribution in [2.75, 3.05) is 4.90 Å². The summed E-state index contributed by atoms with van der Waals surface area (Å²) < 4.78 is 12.9. The van der Waals surface area contributed by atoms with Crippen LogP contribution in [0.1, 0.15) is 0 Å². The molecule has 0 saturated carbocycles. The maximum Gasteiger partial charge on any atom is 0.227 e. The van der Waals surface area contributed by atoms with Gasteiger partial charge in [0.05, 0.1) is 5.69 Å². The molecule has 6 nitrogen and oxygen atoms in total. The van der Waals surface area contributed by atoms with Gasteiger partial charge in [-0.25, -0.2) is 9.97 Å². The molecule has 8 aromatic carbocycles. The molecule has 0 N–H and O–H groups in total. The van der Waals surface area contributed by atoms with Gasteiger partial charge in [0, 0.05) is 45.3 Å². The Morgan fingerprint density at radius 2 is 0.841 bits per heavy atom. The summed E-state index contributed by atoms with van der Waals surface area (Å²) in [5.41, 5.74) is 20.2. The summed E-state index contributed by atoms with van der Waals surface area (Å²) >= 11 is 0. The van der Waals surface area contributed by atoms with E-state index in [0.717, 1.165) is 94.3 Å². The number of benzene rings is 8. The zero-order chi connectivity index (χ0) is 43.3. The maximum absolute atomic E-state index is 6.47. The van der Waals surface area contributed by atoms with Crippen LogP contribution in [0.4, 0.5) is 17.1 Å². The van der Waals surface area contributed by atoms with Crippen molar-refractivity contribution >= 4 is 178 Å². The topological polar surface area (TPSA) is 68.2 Å². The van der Waals surface area contributed by atoms with Crippen molar-refractivity contribution in [2.45, 2.75) is 0 Å². The third kappa shape index (κ3) is 6.33. The molecule has 0 aliphatic carbocycles. The van der Waals surface area contributed by atoms with E-state index in [2.05, 4.69) is 195 Å². The van der Waals surface area contributed by atoms with Crippen molar-refractivity contribution in [2.24, 2.45) is 0 Å². The number of hydrogen-bond donors (Lipinski definition) is 0. The van der Waals surface area contributed by atoms with Gasteiger partial charge in [0.2, 0.25) is 11.8 Å². The minimum absolute atomic E-state index is 0.620. The first-order valence-corrected chi connectivity index (χ1v) is 21.6. The van der Waals surface area contributed by atoms with E-state index < -0.39 is 0 Å². The first-order chi connectivity index (χ1) is 30.5. The number of oxazole rings is 2. The molecule has 290 valence electrons. The summed E-state index contributed by atoms with van der Waals surface area (Å²) in [4.78, 5) is 17.1. The zero-order valence-corrected chi connectivity index (χ0v) is 36.8. The van der Waals surface area contributed by atoms with Gasteiger partial charge in [-0.2, -0.15) is 0 Å². The van der Waals surface area contributed by atoms with Gasteiger partial charge in [-0.05, 0) is 99.7 Å². The van der Waals surface area contributed by atoms with E-state index in [9.17, 15) is 0 Å². The highest BCUT2D eigenvalue weighted by Gasteiger charge is 2.20. The van der Waals surface area contributed by atoms with Gasteiger partial charge in [0.1, 0.15) is 85.0 Å². The molecule has 0 atom stereocenters. The van der Waals surface area contributed by atoms with Crippen molar-refractivity contribution in [3.05, 3.63) is 134 Å². The standard InChI is InChI=1S/C49H38B8N4O2/c50-36-38(52)42(56)46-44(40(36)54)59-48(62-46)23-7-12-30(13-8-23)61(31-14-9-24(10-15-31)49-60-45-41(55)37(51)39(53)43(57)47(45)63-49)32-16-18-34-27(20-32)6-5-26-19-28(11-17-33(26)34)35-21-25-3-1-2-4-29(25)22-58-35/h1-22H,50-57H2. The van der Waals surface area contributed by atoms with Crippen LogP contribution >= 0.6 is 0 Å². The predicted octanol–water partition coefficient (Wildman–Crippen LogP) is -0.638. The number of aromatic nitrogens is 3. The fourth-order valence-electron chi connectivity index (χ4n) is 9.28. The molecule has 3 aromatic heterocycles. The SMILES string of the molecule is Bc1c(B)c(B)c2oc(-c3ccc(N(c4ccc(-c5nc6c(B)c(B)c(B)c(B)c6o5)cc4)c4ccc5c(ccc6cc(-c7cc8ccccc8cn7)ccc65)c4)cc3)nc2c1B. The molecule has 0 aliphatic heterocycles. The average molecular weight is 801 g/mol. The summed E-state index contributed by atoms with van der Waals surface area (Å²) in [6.07, 6.45) is 1.96. The highest BCUT2D eigenvalue weighted by Crippen LogP contribution is 2.40. The zero-order valence-electron chi connectivity index (χ0n) is 36.8. The van der Waals surface area contributed by atoms with Crippen molar-refractivity contribution in [3.63, 3.8) is 0 Å². The Hall–Kier alpha value is -7.05. The van der Waals surface area contributed by atoms with Crippen molar-refractivity contribution in [3.8, 4) is 34.2 Å². The molecule has 0 amide bonds. The third-order valence-electron chi connectivity index (χ3n) is 13.8. The second-order valence-corrected chi connectivity index (χ2v) is 17.1. The van der Waals surface area contributed by atoms with E-state index in [4.69, 9.17) is 23.8 Å². The van der Waals surface area contributed by atoms with Crippen LogP contribution in [0.5, 0.6) is 0 Å². The summed E-state index contributed by atoms with van der Waals surface area (Å²) in [5.74, 6) is 1.24. The van der Waals surface area contributed by atoms with E-state index >= 15 is 0 Å². The van der Waals surface area contributed by atoms with E-state index in [1.165, 1.54) is 43.4 Å². The van der Waals surface area contributed by atoms with Crippen LogP contribution in [-0.4, -0.2) is 77.7 Å². The number of hydrogen-bond acceptors (Lipinski definition) is 6. The van der Waals surface area contributed by atoms with Gasteiger partial charge in [-0.1, -0.05) is 98.3 Å². The van der Waals surface area contributed by atoms with Crippen molar-refractivity contribution in [1.82, 2.24) is 15.0 Å². The summed E-state index contributed by atoms with van der Waals surface area (Å²) in [7, 11) is 17.1. The van der Waals surface area contributed by atoms with Gasteiger partial charge >= 0.3 is 0 Å². The lowest BCUT2D eigenvalue weighted by atomic mass is 9.66. The normalized spacial score (nSPS) is 11.7. The van der Waals surface area contributed by atoms with Crippen LogP contribution in [0, 0.1) is 0 Å². The Kier molecular flexibility index (Phi) is 9.13. The van der Waals surface area contributed by atoms with Crippen LogP contribution in [0.15, 0.2) is 142 Å². The lowest BCUT2D eigenvalue weighted by molar-refractivity contribution is 0.622. The summed E-state index contributed by atoms with van der Waals surface area (Å²) in [5, 5.41) is 7.05. The van der Waals surface area contributed by atoms with E-state index in [1.54, 1.807) is 0 Å². The molecule has 63 heavy (non-hydrogen) atoms. The Balaban J connectivity index is 0.994. The van der Waals surface area contributed by atoms with E-state index in [0.29, 0.717) is 11.8 Å². The molecule has 0 fully saturated rings. The minimum atomic E-state index is 0.620. The van der Waals surface area contributed by atoms with Crippen molar-refractivity contribution < 1.29 is 8.83 Å². The predicted molar refractivity (Wildman–Crippen MR) is 288 cm³/mol. The lowest BCUT2D eigenvalue weighted by Crippen LogP contribution is -2.47. The maximum atomic E-state index is 6.47. The second-order valence-electron chi connectivity index (χ2n) is 17.1. The molecule has 0 saturated heterocycles. The monoisotopic (exact) mass is 802 g/mol. The summed E-state index contributed by atoms with van der Waals surface area (Å²) in [6, 6.07) is 45.4. The van der Waals surface area contributed by atoms with Gasteiger partial charge in [-0.3, -0.25) is 4.98 Å². The van der Waals surface area contributed by atoms with Crippen LogP contribution < -0.4 is 48.6 Å². The molecule has 0 unspecified atom stereocenters. The van der Waals surface area contributed by atoms with E-state index in [1.807, 2.05) is 6.20 Å². The third-order valence-corrected chi connectivity index (χ3v) is 13.8. The Labute approximate surface area is 372 Å². The first-order valence-electron chi connectivity index (χ1n) is 21.6. The van der Waals surface area contributed by atoms with Crippen LogP contribution in [0.2, 0.25) is 0 Å². The van der Waals surface area contributed by atoms with Crippen LogP contribution in [-0.2, 0) is 0 Å². The summed E-state index contributed by atoms with van der Waals surface area (Å²) in [6.45, 7) is 0. The molecule has 11 aromatic rings. The Bertz CT molecular complexity index is 3450. The second kappa shape index (κ2) is 14.8. The Morgan fingerprint density at radius 1 is 0.381 bits per heavy atom. The van der Waals surface area contributed by atoms with Crippen LogP contribution in [0.25, 0.3) is 88.7 Å². The lowest BCUT2D eigenvalue weighted by Gasteiger charge is -2.26. The molecular weight excluding hydrogens is 763 g/mol. The van der Waals surface area contributed by atoms with Gasteiger partial charge in [-0.15, -0.1) is 0 Å². The Morgan fingerprint density at radius 3 is 1.40 bits per heavy atom. The fourth-order valence-corrected chi connectivity index (χ4v) is 9.28. The van der Waals surface area contributed by atoms with E-state index in [-0.39, 0.29) is 0 Å². The fraction of sp³-hybridized carbons (Fsp3) is 0. The molecule has 14 heteroatoms. The van der Waals surface area contributed by atoms with Gasteiger partial charge in [0.25, 0.3) is 0 Å². The van der Waals surface area contributed by atoms with Gasteiger partial charge < -0.3 is 13.7 Å². The molecule has 3 heterocycles. The highest BCUT2D eigenvalue weighted by molar-refractivity contribution is 6.67. The average Bonchev–Trinajstić information content (AvgIpc) is 3.98. The molecule has 0 spiro atoms. The first kappa shape index (κ1) is 38.8.